The van der Waals surface area contributed by atoms with Crippen LogP contribution in [0.25, 0.3) is 0 Å². The lowest BCUT2D eigenvalue weighted by molar-refractivity contribution is 0.174. The van der Waals surface area contributed by atoms with E-state index in [2.05, 4.69) is 17.3 Å². The van der Waals surface area contributed by atoms with Crippen molar-refractivity contribution in [2.45, 2.75) is 25.3 Å². The van der Waals surface area contributed by atoms with Crippen molar-refractivity contribution in [2.75, 3.05) is 32.2 Å². The van der Waals surface area contributed by atoms with E-state index >= 15 is 0 Å². The molecule has 1 N–H and O–H groups in total. The molecule has 0 amide bonds. The smallest absolute Gasteiger partial charge is 0.231 e. The number of benzene rings is 1. The minimum absolute atomic E-state index is 0.278. The van der Waals surface area contributed by atoms with Crippen molar-refractivity contribution in [3.8, 4) is 11.5 Å². The van der Waals surface area contributed by atoms with E-state index in [1.807, 2.05) is 12.1 Å². The van der Waals surface area contributed by atoms with E-state index in [0.29, 0.717) is 11.1 Å². The van der Waals surface area contributed by atoms with Crippen molar-refractivity contribution in [1.82, 2.24) is 4.90 Å². The maximum Gasteiger partial charge on any atom is 0.231 e. The van der Waals surface area contributed by atoms with Crippen LogP contribution in [0.5, 0.6) is 11.5 Å². The summed E-state index contributed by atoms with van der Waals surface area (Å²) in [6.07, 6.45) is 3.86. The Morgan fingerprint density at radius 3 is 2.89 bits per heavy atom. The number of anilines is 1. The quantitative estimate of drug-likeness (QED) is 0.924. The molecule has 2 aliphatic heterocycles. The summed E-state index contributed by atoms with van der Waals surface area (Å²) in [6.45, 7) is 2.37. The van der Waals surface area contributed by atoms with Crippen LogP contribution in [0.15, 0.2) is 12.1 Å². The first-order valence-electron chi connectivity index (χ1n) is 6.77. The maximum absolute atomic E-state index is 6.25. The van der Waals surface area contributed by atoms with Gasteiger partial charge in [-0.25, -0.2) is 0 Å². The highest BCUT2D eigenvalue weighted by molar-refractivity contribution is 6.33. The fourth-order valence-corrected chi connectivity index (χ4v) is 2.90. The Balaban J connectivity index is 1.66. The number of ether oxygens (including phenoxy) is 2. The number of nitrogens with one attached hydrogen (secondary N) is 1. The summed E-state index contributed by atoms with van der Waals surface area (Å²) in [6, 6.07) is 4.32. The Hall–Kier alpha value is -1.13. The molecule has 19 heavy (non-hydrogen) atoms. The summed E-state index contributed by atoms with van der Waals surface area (Å²) in [5.41, 5.74) is 0.921. The average Bonchev–Trinajstić information content (AvgIpc) is 2.84. The van der Waals surface area contributed by atoms with E-state index in [0.717, 1.165) is 23.7 Å². The van der Waals surface area contributed by atoms with Gasteiger partial charge in [0, 0.05) is 24.7 Å². The second kappa shape index (κ2) is 5.47. The van der Waals surface area contributed by atoms with E-state index in [4.69, 9.17) is 21.1 Å². The van der Waals surface area contributed by atoms with E-state index in [9.17, 15) is 0 Å². The summed E-state index contributed by atoms with van der Waals surface area (Å²) in [4.78, 5) is 2.41. The lowest BCUT2D eigenvalue weighted by Gasteiger charge is -2.32. The van der Waals surface area contributed by atoms with Crippen LogP contribution in [-0.4, -0.2) is 37.9 Å². The largest absolute Gasteiger partial charge is 0.454 e. The van der Waals surface area contributed by atoms with Crippen LogP contribution in [0.3, 0.4) is 0 Å². The Bertz CT molecular complexity index is 467. The van der Waals surface area contributed by atoms with Crippen LogP contribution in [0.2, 0.25) is 5.02 Å². The third-order valence-electron chi connectivity index (χ3n) is 3.91. The topological polar surface area (TPSA) is 33.7 Å². The lowest BCUT2D eigenvalue weighted by atomic mass is 10.0. The number of hydrogen-bond acceptors (Lipinski definition) is 4. The first kappa shape index (κ1) is 12.9. The molecule has 0 spiro atoms. The normalized spacial score (nSPS) is 22.5. The Morgan fingerprint density at radius 2 is 2.11 bits per heavy atom. The number of nitrogens with zero attached hydrogens (tertiary/aromatic N) is 1. The summed E-state index contributed by atoms with van der Waals surface area (Å²) in [7, 11) is 2.19. The summed E-state index contributed by atoms with van der Waals surface area (Å²) < 4.78 is 10.7. The number of rotatable bonds is 3. The predicted octanol–water partition coefficient (Wildman–Crippen LogP) is 2.96. The number of likely N-dealkylation sites (N-methyl/N-ethyl adjacent to an activating group) is 1. The summed E-state index contributed by atoms with van der Waals surface area (Å²) in [5, 5.41) is 4.12. The fourth-order valence-electron chi connectivity index (χ4n) is 2.68. The lowest BCUT2D eigenvalue weighted by Crippen LogP contribution is -2.40. The van der Waals surface area contributed by atoms with Crippen LogP contribution in [0.1, 0.15) is 19.3 Å². The first-order chi connectivity index (χ1) is 9.24. The van der Waals surface area contributed by atoms with Crippen LogP contribution in [0.4, 0.5) is 5.69 Å². The van der Waals surface area contributed by atoms with Gasteiger partial charge in [0.15, 0.2) is 11.5 Å². The molecule has 0 aromatic heterocycles. The average molecular weight is 283 g/mol. The molecule has 5 heteroatoms. The predicted molar refractivity (Wildman–Crippen MR) is 76.3 cm³/mol. The van der Waals surface area contributed by atoms with Gasteiger partial charge < -0.3 is 19.7 Å². The van der Waals surface area contributed by atoms with Gasteiger partial charge in [0.05, 0.1) is 10.7 Å². The molecule has 1 fully saturated rings. The zero-order valence-corrected chi connectivity index (χ0v) is 11.9. The zero-order valence-electron chi connectivity index (χ0n) is 11.1. The highest BCUT2D eigenvalue weighted by Gasteiger charge is 2.20. The molecule has 0 aliphatic carbocycles. The highest BCUT2D eigenvalue weighted by Crippen LogP contribution is 2.39. The van der Waals surface area contributed by atoms with Crippen LogP contribution < -0.4 is 14.8 Å². The van der Waals surface area contributed by atoms with Gasteiger partial charge in [0.2, 0.25) is 6.79 Å². The molecule has 2 heterocycles. The monoisotopic (exact) mass is 282 g/mol. The molecular formula is C14H19ClN2O2. The van der Waals surface area contributed by atoms with Crippen molar-refractivity contribution in [3.05, 3.63) is 17.2 Å². The molecule has 0 radical (unpaired) electrons. The van der Waals surface area contributed by atoms with Gasteiger partial charge in [-0.2, -0.15) is 0 Å². The van der Waals surface area contributed by atoms with Gasteiger partial charge in [-0.1, -0.05) is 18.0 Å². The van der Waals surface area contributed by atoms with Crippen molar-refractivity contribution in [3.63, 3.8) is 0 Å². The number of piperidine rings is 1. The second-order valence-electron chi connectivity index (χ2n) is 5.20. The molecule has 1 atom stereocenters. The van der Waals surface area contributed by atoms with Gasteiger partial charge in [0.25, 0.3) is 0 Å². The molecule has 1 unspecified atom stereocenters. The van der Waals surface area contributed by atoms with Crippen molar-refractivity contribution >= 4 is 17.3 Å². The number of likely N-dealkylation sites (tertiary alicyclic amines) is 1. The minimum atomic E-state index is 0.278. The first-order valence-corrected chi connectivity index (χ1v) is 7.15. The van der Waals surface area contributed by atoms with Gasteiger partial charge in [0.1, 0.15) is 0 Å². The van der Waals surface area contributed by atoms with E-state index in [1.54, 1.807) is 0 Å². The minimum Gasteiger partial charge on any atom is -0.454 e. The van der Waals surface area contributed by atoms with Gasteiger partial charge in [-0.15, -0.1) is 0 Å². The van der Waals surface area contributed by atoms with Gasteiger partial charge >= 0.3 is 0 Å². The van der Waals surface area contributed by atoms with Crippen molar-refractivity contribution in [2.24, 2.45) is 0 Å². The molecule has 104 valence electrons. The molecule has 3 rings (SSSR count). The number of hydrogen-bond donors (Lipinski definition) is 1. The molecule has 1 aromatic rings. The zero-order chi connectivity index (χ0) is 13.2. The van der Waals surface area contributed by atoms with Crippen LogP contribution in [-0.2, 0) is 0 Å². The summed E-state index contributed by atoms with van der Waals surface area (Å²) >= 11 is 6.25. The Kier molecular flexibility index (Phi) is 3.71. The van der Waals surface area contributed by atoms with Crippen LogP contribution >= 0.6 is 11.6 Å². The maximum atomic E-state index is 6.25. The van der Waals surface area contributed by atoms with E-state index < -0.39 is 0 Å². The molecule has 1 aromatic carbocycles. The van der Waals surface area contributed by atoms with Crippen LogP contribution in [0, 0.1) is 0 Å². The highest BCUT2D eigenvalue weighted by atomic mass is 35.5. The standard InChI is InChI=1S/C14H19ClN2O2/c1-17-5-3-2-4-10(17)8-16-12-7-14-13(6-11(12)15)18-9-19-14/h6-7,10,16H,2-5,8-9H2,1H3. The van der Waals surface area contributed by atoms with Gasteiger partial charge in [-0.3, -0.25) is 0 Å². The molecule has 0 bridgehead atoms. The Labute approximate surface area is 118 Å². The van der Waals surface area contributed by atoms with Crippen molar-refractivity contribution < 1.29 is 9.47 Å². The number of fused-ring (bicyclic) bond motifs is 1. The number of halogens is 1. The van der Waals surface area contributed by atoms with Crippen molar-refractivity contribution in [1.29, 1.82) is 0 Å². The fraction of sp³-hybridized carbons (Fsp3) is 0.571. The molecule has 2 aliphatic rings. The Morgan fingerprint density at radius 1 is 1.32 bits per heavy atom. The third kappa shape index (κ3) is 2.74. The molecular weight excluding hydrogens is 264 g/mol. The van der Waals surface area contributed by atoms with E-state index in [-0.39, 0.29) is 6.79 Å². The molecule has 1 saturated heterocycles. The molecule has 0 saturated carbocycles. The SMILES string of the molecule is CN1CCCCC1CNc1cc2c(cc1Cl)OCO2. The second-order valence-corrected chi connectivity index (χ2v) is 5.60. The third-order valence-corrected chi connectivity index (χ3v) is 4.22. The van der Waals surface area contributed by atoms with E-state index in [1.165, 1.54) is 25.8 Å². The molecule has 4 nitrogen and oxygen atoms in total. The van der Waals surface area contributed by atoms with Gasteiger partial charge in [-0.05, 0) is 26.4 Å². The summed E-state index contributed by atoms with van der Waals surface area (Å²) in [5.74, 6) is 1.49.